The third kappa shape index (κ3) is 4.01. The number of hydrogen-bond acceptors (Lipinski definition) is 4. The number of fused-ring (bicyclic) bond motifs is 1. The van der Waals surface area contributed by atoms with Crippen molar-refractivity contribution < 1.29 is 14.0 Å². The minimum Gasteiger partial charge on any atom is -0.327 e. The maximum atomic E-state index is 13.3. The van der Waals surface area contributed by atoms with Crippen LogP contribution >= 0.6 is 0 Å². The maximum Gasteiger partial charge on any atom is 0.290 e. The van der Waals surface area contributed by atoms with Crippen molar-refractivity contribution in [2.45, 2.75) is 32.2 Å². The number of nitrogens with zero attached hydrogens (tertiary/aromatic N) is 3. The van der Waals surface area contributed by atoms with Gasteiger partial charge in [-0.1, -0.05) is 12.5 Å². The van der Waals surface area contributed by atoms with E-state index in [1.54, 1.807) is 30.3 Å². The zero-order valence-electron chi connectivity index (χ0n) is 15.7. The Balaban J connectivity index is 1.60. The first kappa shape index (κ1) is 18.8. The van der Waals surface area contributed by atoms with Crippen molar-refractivity contribution in [1.82, 2.24) is 25.4 Å². The Labute approximate surface area is 167 Å². The summed E-state index contributed by atoms with van der Waals surface area (Å²) in [6, 6.07) is 11.0. The Kier molecular flexibility index (Phi) is 5.33. The highest BCUT2D eigenvalue weighted by Gasteiger charge is 2.24. The Morgan fingerprint density at radius 2 is 1.76 bits per heavy atom. The van der Waals surface area contributed by atoms with Crippen LogP contribution in [0.1, 0.15) is 45.9 Å². The van der Waals surface area contributed by atoms with E-state index < -0.39 is 11.8 Å². The van der Waals surface area contributed by atoms with Crippen molar-refractivity contribution in [2.75, 3.05) is 0 Å². The number of hydrogen-bond donors (Lipinski definition) is 2. The summed E-state index contributed by atoms with van der Waals surface area (Å²) >= 11 is 0. The summed E-state index contributed by atoms with van der Waals surface area (Å²) in [6.07, 6.45) is 5.21. The topological polar surface area (TPSA) is 88.9 Å². The maximum absolute atomic E-state index is 13.3. The van der Waals surface area contributed by atoms with Gasteiger partial charge in [0.2, 0.25) is 0 Å². The second kappa shape index (κ2) is 8.22. The van der Waals surface area contributed by atoms with Gasteiger partial charge in [0.15, 0.2) is 5.69 Å². The first-order valence-electron chi connectivity index (χ1n) is 9.50. The quantitative estimate of drug-likeness (QED) is 0.670. The molecule has 0 unspecified atom stereocenters. The van der Waals surface area contributed by atoms with Crippen molar-refractivity contribution in [3.05, 3.63) is 71.6 Å². The van der Waals surface area contributed by atoms with Crippen LogP contribution in [-0.2, 0) is 13.0 Å². The summed E-state index contributed by atoms with van der Waals surface area (Å²) in [7, 11) is 0. The molecular weight excluding hydrogens is 373 g/mol. The van der Waals surface area contributed by atoms with E-state index in [0.717, 1.165) is 37.1 Å². The number of carbonyl (C=O) groups is 2. The van der Waals surface area contributed by atoms with Gasteiger partial charge in [0.25, 0.3) is 11.8 Å². The number of pyridine rings is 1. The van der Waals surface area contributed by atoms with E-state index in [-0.39, 0.29) is 17.2 Å². The molecule has 2 amide bonds. The third-order valence-corrected chi connectivity index (χ3v) is 4.87. The van der Waals surface area contributed by atoms with E-state index >= 15 is 0 Å². The predicted octanol–water partition coefficient (Wildman–Crippen LogP) is 2.89. The van der Waals surface area contributed by atoms with Crippen molar-refractivity contribution in [2.24, 2.45) is 0 Å². The van der Waals surface area contributed by atoms with Crippen LogP contribution in [0.3, 0.4) is 0 Å². The molecule has 7 nitrogen and oxygen atoms in total. The monoisotopic (exact) mass is 393 g/mol. The highest BCUT2D eigenvalue weighted by atomic mass is 19.1. The van der Waals surface area contributed by atoms with Gasteiger partial charge < -0.3 is 4.57 Å². The SMILES string of the molecule is O=C(NNC(=O)c1nc(-c2ccc(F)cc2)n2c1CCCCC2)c1ccccn1. The smallest absolute Gasteiger partial charge is 0.290 e. The molecule has 8 heteroatoms. The molecule has 4 rings (SSSR count). The van der Waals surface area contributed by atoms with Crippen LogP contribution < -0.4 is 10.9 Å². The Hall–Kier alpha value is -3.55. The molecule has 0 aliphatic carbocycles. The standard InChI is InChI=1S/C21H20FN5O2/c22-15-10-8-14(9-11-15)19-24-18(17-7-2-1-5-13-27(17)19)21(29)26-25-20(28)16-6-3-4-12-23-16/h3-4,6,8-12H,1-2,5,7,13H2,(H,25,28)(H,26,29). The highest BCUT2D eigenvalue weighted by molar-refractivity contribution is 5.98. The second-order valence-corrected chi connectivity index (χ2v) is 6.82. The summed E-state index contributed by atoms with van der Waals surface area (Å²) in [4.78, 5) is 33.4. The van der Waals surface area contributed by atoms with Gasteiger partial charge in [0.1, 0.15) is 17.3 Å². The van der Waals surface area contributed by atoms with E-state index in [0.29, 0.717) is 12.2 Å². The Morgan fingerprint density at radius 1 is 0.966 bits per heavy atom. The fourth-order valence-electron chi connectivity index (χ4n) is 3.45. The number of amides is 2. The van der Waals surface area contributed by atoms with E-state index in [4.69, 9.17) is 0 Å². The molecule has 3 heterocycles. The summed E-state index contributed by atoms with van der Waals surface area (Å²) in [5.74, 6) is -0.703. The zero-order valence-corrected chi connectivity index (χ0v) is 15.7. The lowest BCUT2D eigenvalue weighted by molar-refractivity contribution is 0.0841. The normalized spacial score (nSPS) is 13.3. The van der Waals surface area contributed by atoms with Crippen LogP contribution in [-0.4, -0.2) is 26.3 Å². The van der Waals surface area contributed by atoms with Crippen LogP contribution in [0, 0.1) is 5.82 Å². The molecule has 1 aromatic carbocycles. The average molecular weight is 393 g/mol. The number of aromatic nitrogens is 3. The molecule has 1 aliphatic heterocycles. The van der Waals surface area contributed by atoms with Gasteiger partial charge in [-0.25, -0.2) is 9.37 Å². The molecule has 2 aromatic heterocycles. The van der Waals surface area contributed by atoms with Crippen molar-refractivity contribution in [1.29, 1.82) is 0 Å². The molecule has 0 bridgehead atoms. The molecule has 1 aliphatic rings. The number of rotatable bonds is 3. The summed E-state index contributed by atoms with van der Waals surface area (Å²) < 4.78 is 15.3. The Bertz CT molecular complexity index is 1030. The fraction of sp³-hybridized carbons (Fsp3) is 0.238. The first-order valence-corrected chi connectivity index (χ1v) is 9.50. The molecule has 0 saturated heterocycles. The van der Waals surface area contributed by atoms with Crippen LogP contribution in [0.2, 0.25) is 0 Å². The number of nitrogens with one attached hydrogen (secondary N) is 2. The predicted molar refractivity (Wildman–Crippen MR) is 104 cm³/mol. The van der Waals surface area contributed by atoms with Crippen LogP contribution in [0.4, 0.5) is 4.39 Å². The van der Waals surface area contributed by atoms with E-state index in [9.17, 15) is 14.0 Å². The Morgan fingerprint density at radius 3 is 2.52 bits per heavy atom. The highest BCUT2D eigenvalue weighted by Crippen LogP contribution is 2.27. The van der Waals surface area contributed by atoms with Crippen molar-refractivity contribution in [3.8, 4) is 11.4 Å². The largest absolute Gasteiger partial charge is 0.327 e. The number of carbonyl (C=O) groups excluding carboxylic acids is 2. The van der Waals surface area contributed by atoms with Gasteiger partial charge in [-0.2, -0.15) is 0 Å². The molecule has 2 N–H and O–H groups in total. The molecule has 0 saturated carbocycles. The van der Waals surface area contributed by atoms with Gasteiger partial charge >= 0.3 is 0 Å². The number of hydrazine groups is 1. The molecule has 29 heavy (non-hydrogen) atoms. The van der Waals surface area contributed by atoms with E-state index in [1.807, 2.05) is 4.57 Å². The second-order valence-electron chi connectivity index (χ2n) is 6.82. The van der Waals surface area contributed by atoms with Gasteiger partial charge in [0.05, 0.1) is 5.69 Å². The number of imidazole rings is 1. The van der Waals surface area contributed by atoms with E-state index in [2.05, 4.69) is 20.8 Å². The van der Waals surface area contributed by atoms with Crippen molar-refractivity contribution in [3.63, 3.8) is 0 Å². The van der Waals surface area contributed by atoms with Gasteiger partial charge in [-0.15, -0.1) is 0 Å². The van der Waals surface area contributed by atoms with Crippen LogP contribution in [0.15, 0.2) is 48.7 Å². The van der Waals surface area contributed by atoms with Gasteiger partial charge in [0, 0.05) is 18.3 Å². The minimum absolute atomic E-state index is 0.198. The summed E-state index contributed by atoms with van der Waals surface area (Å²) in [5, 5.41) is 0. The zero-order chi connectivity index (χ0) is 20.2. The minimum atomic E-state index is -0.511. The van der Waals surface area contributed by atoms with Crippen LogP contribution in [0.25, 0.3) is 11.4 Å². The summed E-state index contributed by atoms with van der Waals surface area (Å²) in [5.41, 5.74) is 6.84. The van der Waals surface area contributed by atoms with E-state index in [1.165, 1.54) is 18.3 Å². The molecular formula is C21H20FN5O2. The number of halogens is 1. The third-order valence-electron chi connectivity index (χ3n) is 4.87. The lowest BCUT2D eigenvalue weighted by atomic mass is 10.1. The molecule has 0 spiro atoms. The van der Waals surface area contributed by atoms with Gasteiger partial charge in [-0.05, 0) is 55.7 Å². The van der Waals surface area contributed by atoms with Gasteiger partial charge in [-0.3, -0.25) is 25.4 Å². The lowest BCUT2D eigenvalue weighted by Gasteiger charge is -2.09. The molecule has 0 atom stereocenters. The summed E-state index contributed by atoms with van der Waals surface area (Å²) in [6.45, 7) is 0.739. The fourth-order valence-corrected chi connectivity index (χ4v) is 3.45. The number of benzene rings is 1. The molecule has 0 radical (unpaired) electrons. The van der Waals surface area contributed by atoms with Crippen LogP contribution in [0.5, 0.6) is 0 Å². The lowest BCUT2D eigenvalue weighted by Crippen LogP contribution is -2.42. The molecule has 0 fully saturated rings. The van der Waals surface area contributed by atoms with Crippen molar-refractivity contribution >= 4 is 11.8 Å². The molecule has 3 aromatic rings. The first-order chi connectivity index (χ1) is 14.1. The average Bonchev–Trinajstić information content (AvgIpc) is 2.94. The molecule has 148 valence electrons.